The molecular formula is C50H56O11. The number of aliphatic hydroxyl groups excluding tert-OH is 2. The van der Waals surface area contributed by atoms with E-state index in [0.717, 1.165) is 82.7 Å². The summed E-state index contributed by atoms with van der Waals surface area (Å²) in [7, 11) is 1.68. The molecule has 1 fully saturated rings. The molecule has 3 heterocycles. The van der Waals surface area contributed by atoms with Gasteiger partial charge < -0.3 is 54.0 Å². The van der Waals surface area contributed by atoms with Gasteiger partial charge >= 0.3 is 0 Å². The highest BCUT2D eigenvalue weighted by molar-refractivity contribution is 5.97. The van der Waals surface area contributed by atoms with Gasteiger partial charge in [0.2, 0.25) is 0 Å². The second kappa shape index (κ2) is 18.0. The third kappa shape index (κ3) is 8.28. The number of aromatic hydroxyl groups is 3. The first-order valence-electron chi connectivity index (χ1n) is 21.9. The van der Waals surface area contributed by atoms with Crippen LogP contribution < -0.4 is 18.9 Å². The van der Waals surface area contributed by atoms with Crippen LogP contribution in [-0.4, -0.2) is 77.9 Å². The minimum absolute atomic E-state index is 0.0301. The van der Waals surface area contributed by atoms with Crippen molar-refractivity contribution in [1.29, 1.82) is 0 Å². The largest absolute Gasteiger partial charge is 0.508 e. The second-order valence-electron chi connectivity index (χ2n) is 17.0. The topological polar surface area (TPSA) is 157 Å². The van der Waals surface area contributed by atoms with Crippen molar-refractivity contribution >= 4 is 10.8 Å². The molecule has 11 heteroatoms. The van der Waals surface area contributed by atoms with E-state index in [1.807, 2.05) is 30.3 Å². The fourth-order valence-corrected chi connectivity index (χ4v) is 10.2. The molecule has 1 saturated carbocycles. The van der Waals surface area contributed by atoms with Crippen molar-refractivity contribution < 1.29 is 54.0 Å². The molecule has 3 aliphatic heterocycles. The first-order chi connectivity index (χ1) is 29.8. The Hall–Kier alpha value is -5.20. The molecule has 5 N–H and O–H groups in total. The van der Waals surface area contributed by atoms with Gasteiger partial charge in [0.05, 0.1) is 31.5 Å². The van der Waals surface area contributed by atoms with E-state index in [4.69, 9.17) is 28.4 Å². The van der Waals surface area contributed by atoms with Crippen LogP contribution in [0.15, 0.2) is 72.8 Å². The number of ether oxygens (including phenoxy) is 6. The predicted molar refractivity (Wildman–Crippen MR) is 230 cm³/mol. The van der Waals surface area contributed by atoms with Gasteiger partial charge in [-0.2, -0.15) is 0 Å². The lowest BCUT2D eigenvalue weighted by Gasteiger charge is -2.47. The Balaban J connectivity index is 1.16. The molecule has 5 unspecified atom stereocenters. The molecule has 9 rings (SSSR count). The zero-order valence-electron chi connectivity index (χ0n) is 34.7. The number of hydrogen-bond acceptors (Lipinski definition) is 11. The van der Waals surface area contributed by atoms with Gasteiger partial charge in [-0.3, -0.25) is 0 Å². The third-order valence-corrected chi connectivity index (χ3v) is 13.0. The molecule has 0 aromatic heterocycles. The van der Waals surface area contributed by atoms with Crippen LogP contribution in [0.3, 0.4) is 0 Å². The van der Waals surface area contributed by atoms with Gasteiger partial charge in [-0.05, 0) is 129 Å². The van der Waals surface area contributed by atoms with Gasteiger partial charge in [0, 0.05) is 78.2 Å². The normalized spacial score (nSPS) is 22.1. The Morgan fingerprint density at radius 1 is 0.770 bits per heavy atom. The Labute approximate surface area is 356 Å². The summed E-state index contributed by atoms with van der Waals surface area (Å²) in [5.74, 6) is 2.17. The minimum Gasteiger partial charge on any atom is -0.508 e. The van der Waals surface area contributed by atoms with Crippen LogP contribution in [-0.2, 0) is 22.3 Å². The predicted octanol–water partition coefficient (Wildman–Crippen LogP) is 8.85. The fraction of sp³-hybridized carbons (Fsp3) is 0.440. The van der Waals surface area contributed by atoms with Crippen LogP contribution in [0.2, 0.25) is 0 Å². The van der Waals surface area contributed by atoms with Gasteiger partial charge in [-0.1, -0.05) is 18.2 Å². The summed E-state index contributed by atoms with van der Waals surface area (Å²) in [6.07, 6.45) is 5.87. The zero-order chi connectivity index (χ0) is 42.0. The number of methoxy groups -OCH3 is 1. The van der Waals surface area contributed by atoms with E-state index in [1.54, 1.807) is 49.6 Å². The highest BCUT2D eigenvalue weighted by atomic mass is 16.5. The van der Waals surface area contributed by atoms with E-state index in [-0.39, 0.29) is 36.6 Å². The van der Waals surface area contributed by atoms with E-state index < -0.39 is 30.1 Å². The smallest absolute Gasteiger partial charge is 0.133 e. The average Bonchev–Trinajstić information content (AvgIpc) is 3.77. The Kier molecular flexibility index (Phi) is 12.2. The lowest BCUT2D eigenvalue weighted by Crippen LogP contribution is -2.47. The average molecular weight is 833 g/mol. The van der Waals surface area contributed by atoms with Crippen molar-refractivity contribution in [3.05, 3.63) is 101 Å². The molecule has 5 aromatic carbocycles. The standard InChI is InChI=1S/C50H56O11/c1-56-19-6-13-43-44(50(58-21-7-18-51)45-39-12-5-20-57-48(39)40-26-34(54)15-17-38(40)49(45)61-43)42-28-59-47-31(25-36(27-41(47)46(42)55)60-35-10-2-3-11-35)22-30-24-33(53)14-16-37(30)29-8-4-9-32(52)23-29/h4,8-9,14-17,23-27,35,42-44,46,50-55H,2-3,5-7,10-13,18-22,28H2,1H3. The number of hydrogen-bond donors (Lipinski definition) is 5. The number of phenols is 3. The molecule has 322 valence electrons. The molecule has 61 heavy (non-hydrogen) atoms. The minimum atomic E-state index is -1.00. The summed E-state index contributed by atoms with van der Waals surface area (Å²) >= 11 is 0. The molecular weight excluding hydrogens is 777 g/mol. The van der Waals surface area contributed by atoms with Crippen LogP contribution in [0.5, 0.6) is 40.2 Å². The van der Waals surface area contributed by atoms with Gasteiger partial charge in [0.1, 0.15) is 46.4 Å². The van der Waals surface area contributed by atoms with Crippen molar-refractivity contribution in [2.75, 3.05) is 40.1 Å². The van der Waals surface area contributed by atoms with Crippen molar-refractivity contribution in [2.45, 2.75) is 88.6 Å². The summed E-state index contributed by atoms with van der Waals surface area (Å²) in [6.45, 7) is 1.51. The summed E-state index contributed by atoms with van der Waals surface area (Å²) in [5.41, 5.74) is 5.79. The van der Waals surface area contributed by atoms with E-state index in [2.05, 4.69) is 0 Å². The highest BCUT2D eigenvalue weighted by Crippen LogP contribution is 2.57. The first kappa shape index (κ1) is 41.2. The molecule has 0 saturated heterocycles. The zero-order valence-corrected chi connectivity index (χ0v) is 34.7. The lowest BCUT2D eigenvalue weighted by atomic mass is 9.71. The maximum Gasteiger partial charge on any atom is 0.133 e. The summed E-state index contributed by atoms with van der Waals surface area (Å²) < 4.78 is 39.5. The van der Waals surface area contributed by atoms with Gasteiger partial charge in [-0.25, -0.2) is 0 Å². The Morgan fingerprint density at radius 2 is 1.59 bits per heavy atom. The number of fused-ring (bicyclic) bond motifs is 7. The van der Waals surface area contributed by atoms with Gasteiger partial charge in [0.15, 0.2) is 0 Å². The molecule has 5 aromatic rings. The lowest BCUT2D eigenvalue weighted by molar-refractivity contribution is -0.114. The molecule has 0 amide bonds. The molecule has 0 radical (unpaired) electrons. The molecule has 1 aliphatic carbocycles. The van der Waals surface area contributed by atoms with Crippen molar-refractivity contribution in [1.82, 2.24) is 0 Å². The summed E-state index contributed by atoms with van der Waals surface area (Å²) in [5, 5.41) is 56.1. The monoisotopic (exact) mass is 832 g/mol. The highest BCUT2D eigenvalue weighted by Gasteiger charge is 2.50. The van der Waals surface area contributed by atoms with Crippen LogP contribution >= 0.6 is 0 Å². The molecule has 5 atom stereocenters. The Bertz CT molecular complexity index is 2350. The second-order valence-corrected chi connectivity index (χ2v) is 17.0. The Morgan fingerprint density at radius 3 is 2.41 bits per heavy atom. The van der Waals surface area contributed by atoms with Crippen molar-refractivity contribution in [3.63, 3.8) is 0 Å². The number of rotatable bonds is 14. The van der Waals surface area contributed by atoms with Gasteiger partial charge in [-0.15, -0.1) is 0 Å². The summed E-state index contributed by atoms with van der Waals surface area (Å²) in [4.78, 5) is 0. The maximum atomic E-state index is 12.9. The van der Waals surface area contributed by atoms with Crippen molar-refractivity contribution in [3.8, 4) is 51.4 Å². The van der Waals surface area contributed by atoms with Crippen LogP contribution in [0.4, 0.5) is 0 Å². The van der Waals surface area contributed by atoms with Crippen molar-refractivity contribution in [2.24, 2.45) is 11.8 Å². The van der Waals surface area contributed by atoms with Crippen LogP contribution in [0.1, 0.15) is 91.4 Å². The van der Waals surface area contributed by atoms with Crippen LogP contribution in [0, 0.1) is 11.8 Å². The first-order valence-corrected chi connectivity index (χ1v) is 21.9. The third-order valence-electron chi connectivity index (χ3n) is 13.0. The molecule has 11 nitrogen and oxygen atoms in total. The number of benzene rings is 5. The molecule has 0 spiro atoms. The molecule has 4 aliphatic rings. The quantitative estimate of drug-likeness (QED) is 0.0682. The SMILES string of the molecule is COCCCC1Oc2c(c3c(c4cc(O)ccc24)OCCC3)C(OCCCO)C1C1COc2c(Cc3cc(O)ccc3-c3cccc(O)c3)cc(OC3CCCC3)cc2C1O. The maximum absolute atomic E-state index is 12.9. The molecule has 0 bridgehead atoms. The van der Waals surface area contributed by atoms with Gasteiger partial charge in [0.25, 0.3) is 0 Å². The number of aliphatic hydroxyl groups is 2. The van der Waals surface area contributed by atoms with E-state index in [9.17, 15) is 25.5 Å². The summed E-state index contributed by atoms with van der Waals surface area (Å²) in [6, 6.07) is 21.5. The van der Waals surface area contributed by atoms with E-state index in [0.29, 0.717) is 74.1 Å². The van der Waals surface area contributed by atoms with E-state index in [1.165, 1.54) is 0 Å². The van der Waals surface area contributed by atoms with Crippen LogP contribution in [0.25, 0.3) is 21.9 Å². The fourth-order valence-electron chi connectivity index (χ4n) is 10.2. The van der Waals surface area contributed by atoms with E-state index >= 15 is 0 Å². The number of phenolic OH excluding ortho intramolecular Hbond substituents is 3.